The van der Waals surface area contributed by atoms with E-state index in [1.807, 2.05) is 6.07 Å². The summed E-state index contributed by atoms with van der Waals surface area (Å²) < 4.78 is 15.7. The molecule has 3 aromatic heterocycles. The molecule has 0 bridgehead atoms. The van der Waals surface area contributed by atoms with Crippen molar-refractivity contribution in [3.63, 3.8) is 0 Å². The zero-order chi connectivity index (χ0) is 14.7. The van der Waals surface area contributed by atoms with Crippen molar-refractivity contribution < 1.29 is 13.7 Å². The monoisotopic (exact) mass is 286 g/mol. The van der Waals surface area contributed by atoms with Crippen molar-refractivity contribution in [2.24, 2.45) is 5.73 Å². The second-order valence-corrected chi connectivity index (χ2v) is 4.37. The second-order valence-electron chi connectivity index (χ2n) is 4.37. The van der Waals surface area contributed by atoms with Crippen molar-refractivity contribution in [2.45, 2.75) is 13.0 Å². The molecule has 0 amide bonds. The molecule has 21 heavy (non-hydrogen) atoms. The fraction of sp³-hybridized carbons (Fsp3) is 0.214. The number of pyridine rings is 1. The number of nitrogens with zero attached hydrogens (tertiary/aromatic N) is 3. The van der Waals surface area contributed by atoms with Crippen molar-refractivity contribution >= 4 is 0 Å². The minimum absolute atomic E-state index is 0.332. The molecule has 7 heteroatoms. The van der Waals surface area contributed by atoms with Gasteiger partial charge in [0.15, 0.2) is 11.6 Å². The molecule has 0 aromatic carbocycles. The Bertz CT molecular complexity index is 718. The normalized spacial score (nSPS) is 10.8. The molecule has 7 nitrogen and oxygen atoms in total. The van der Waals surface area contributed by atoms with Crippen LogP contribution in [0.15, 0.2) is 39.4 Å². The lowest BCUT2D eigenvalue weighted by Crippen LogP contribution is -1.93. The molecule has 3 heterocycles. The zero-order valence-corrected chi connectivity index (χ0v) is 11.4. The van der Waals surface area contributed by atoms with Crippen LogP contribution in [0.25, 0.3) is 11.7 Å². The van der Waals surface area contributed by atoms with Gasteiger partial charge in [-0.25, -0.2) is 4.98 Å². The van der Waals surface area contributed by atoms with Gasteiger partial charge >= 0.3 is 0 Å². The van der Waals surface area contributed by atoms with Gasteiger partial charge in [0, 0.05) is 18.7 Å². The Kier molecular flexibility index (Phi) is 3.65. The number of ether oxygens (including phenoxy) is 1. The summed E-state index contributed by atoms with van der Waals surface area (Å²) in [5.74, 6) is 2.65. The number of furan rings is 1. The fourth-order valence-corrected chi connectivity index (χ4v) is 1.85. The lowest BCUT2D eigenvalue weighted by atomic mass is 10.2. The molecule has 0 aliphatic rings. The SMILES string of the molecule is COc1ccc(Cc2noc(-c3ccc(CN)o3)n2)cn1. The van der Waals surface area contributed by atoms with E-state index in [0.717, 1.165) is 5.56 Å². The van der Waals surface area contributed by atoms with Crippen LogP contribution in [0.1, 0.15) is 17.1 Å². The second kappa shape index (κ2) is 5.76. The molecular formula is C14H14N4O3. The molecule has 0 spiro atoms. The van der Waals surface area contributed by atoms with Crippen molar-refractivity contribution in [3.05, 3.63) is 47.6 Å². The lowest BCUT2D eigenvalue weighted by Gasteiger charge is -1.99. The highest BCUT2D eigenvalue weighted by molar-refractivity contribution is 5.44. The molecule has 0 radical (unpaired) electrons. The summed E-state index contributed by atoms with van der Waals surface area (Å²) in [5, 5.41) is 3.93. The maximum absolute atomic E-state index is 5.49. The van der Waals surface area contributed by atoms with Crippen LogP contribution in [-0.2, 0) is 13.0 Å². The van der Waals surface area contributed by atoms with Crippen LogP contribution in [0, 0.1) is 0 Å². The quantitative estimate of drug-likeness (QED) is 0.763. The highest BCUT2D eigenvalue weighted by atomic mass is 16.5. The van der Waals surface area contributed by atoms with Crippen LogP contribution in [0.5, 0.6) is 5.88 Å². The van der Waals surface area contributed by atoms with E-state index >= 15 is 0 Å². The van der Waals surface area contributed by atoms with Crippen molar-refractivity contribution in [1.82, 2.24) is 15.1 Å². The largest absolute Gasteiger partial charge is 0.481 e. The van der Waals surface area contributed by atoms with Crippen LogP contribution < -0.4 is 10.5 Å². The average Bonchev–Trinajstić information content (AvgIpc) is 3.16. The summed E-state index contributed by atoms with van der Waals surface area (Å²) in [4.78, 5) is 8.43. The van der Waals surface area contributed by atoms with E-state index in [1.165, 1.54) is 0 Å². The molecule has 0 aliphatic heterocycles. The van der Waals surface area contributed by atoms with Gasteiger partial charge < -0.3 is 19.4 Å². The molecule has 0 fully saturated rings. The minimum atomic E-state index is 0.332. The molecule has 0 saturated heterocycles. The average molecular weight is 286 g/mol. The fourth-order valence-electron chi connectivity index (χ4n) is 1.85. The number of methoxy groups -OCH3 is 1. The Hall–Kier alpha value is -2.67. The molecule has 0 unspecified atom stereocenters. The first-order valence-corrected chi connectivity index (χ1v) is 6.39. The summed E-state index contributed by atoms with van der Waals surface area (Å²) in [5.41, 5.74) is 6.46. The predicted octanol–water partition coefficient (Wildman–Crippen LogP) is 1.78. The van der Waals surface area contributed by atoms with Crippen LogP contribution in [0.2, 0.25) is 0 Å². The number of aromatic nitrogens is 3. The van der Waals surface area contributed by atoms with E-state index in [-0.39, 0.29) is 0 Å². The standard InChI is InChI=1S/C14H14N4O3/c1-19-13-5-2-9(8-16-13)6-12-17-14(21-18-12)11-4-3-10(7-15)20-11/h2-5,8H,6-7,15H2,1H3. The Labute approximate surface area is 120 Å². The summed E-state index contributed by atoms with van der Waals surface area (Å²) in [7, 11) is 1.58. The first kappa shape index (κ1) is 13.3. The number of hydrogen-bond donors (Lipinski definition) is 1. The minimum Gasteiger partial charge on any atom is -0.481 e. The number of nitrogens with two attached hydrogens (primary N) is 1. The number of hydrogen-bond acceptors (Lipinski definition) is 7. The third kappa shape index (κ3) is 2.92. The first-order valence-electron chi connectivity index (χ1n) is 6.39. The van der Waals surface area contributed by atoms with E-state index in [2.05, 4.69) is 15.1 Å². The van der Waals surface area contributed by atoms with Crippen molar-refractivity contribution in [3.8, 4) is 17.5 Å². The van der Waals surface area contributed by atoms with Crippen molar-refractivity contribution in [1.29, 1.82) is 0 Å². The molecule has 2 N–H and O–H groups in total. The third-order valence-corrected chi connectivity index (χ3v) is 2.91. The van der Waals surface area contributed by atoms with E-state index in [0.29, 0.717) is 42.1 Å². The Balaban J connectivity index is 1.74. The van der Waals surface area contributed by atoms with Gasteiger partial charge in [-0.1, -0.05) is 11.2 Å². The maximum Gasteiger partial charge on any atom is 0.293 e. The Morgan fingerprint density at radius 3 is 2.81 bits per heavy atom. The number of rotatable bonds is 5. The highest BCUT2D eigenvalue weighted by Gasteiger charge is 2.13. The van der Waals surface area contributed by atoms with Crippen LogP contribution in [0.3, 0.4) is 0 Å². The summed E-state index contributed by atoms with van der Waals surface area (Å²) in [6, 6.07) is 7.23. The molecule has 0 saturated carbocycles. The van der Waals surface area contributed by atoms with E-state index in [1.54, 1.807) is 31.5 Å². The van der Waals surface area contributed by atoms with Gasteiger partial charge in [0.1, 0.15) is 5.76 Å². The van der Waals surface area contributed by atoms with Gasteiger partial charge in [0.2, 0.25) is 5.88 Å². The molecule has 0 atom stereocenters. The van der Waals surface area contributed by atoms with Crippen molar-refractivity contribution in [2.75, 3.05) is 7.11 Å². The van der Waals surface area contributed by atoms with E-state index in [9.17, 15) is 0 Å². The molecular weight excluding hydrogens is 272 g/mol. The molecule has 3 rings (SSSR count). The van der Waals surface area contributed by atoms with E-state index < -0.39 is 0 Å². The topological polar surface area (TPSA) is 100 Å². The Morgan fingerprint density at radius 2 is 2.14 bits per heavy atom. The maximum atomic E-state index is 5.49. The smallest absolute Gasteiger partial charge is 0.293 e. The van der Waals surface area contributed by atoms with Gasteiger partial charge in [-0.05, 0) is 17.7 Å². The lowest BCUT2D eigenvalue weighted by molar-refractivity contribution is 0.397. The van der Waals surface area contributed by atoms with Crippen LogP contribution in [0.4, 0.5) is 0 Å². The highest BCUT2D eigenvalue weighted by Crippen LogP contribution is 2.21. The van der Waals surface area contributed by atoms with E-state index in [4.69, 9.17) is 19.4 Å². The zero-order valence-electron chi connectivity index (χ0n) is 11.4. The van der Waals surface area contributed by atoms with Gasteiger partial charge in [0.05, 0.1) is 13.7 Å². The first-order chi connectivity index (χ1) is 10.3. The predicted molar refractivity (Wildman–Crippen MR) is 73.5 cm³/mol. The van der Waals surface area contributed by atoms with Gasteiger partial charge in [0.25, 0.3) is 5.89 Å². The summed E-state index contributed by atoms with van der Waals surface area (Å²) in [6.07, 6.45) is 2.24. The summed E-state index contributed by atoms with van der Waals surface area (Å²) >= 11 is 0. The third-order valence-electron chi connectivity index (χ3n) is 2.91. The summed E-state index contributed by atoms with van der Waals surface area (Å²) in [6.45, 7) is 0.332. The molecule has 0 aliphatic carbocycles. The van der Waals surface area contributed by atoms with Gasteiger partial charge in [-0.15, -0.1) is 0 Å². The van der Waals surface area contributed by atoms with Crippen LogP contribution >= 0.6 is 0 Å². The van der Waals surface area contributed by atoms with Gasteiger partial charge in [-0.2, -0.15) is 4.98 Å². The van der Waals surface area contributed by atoms with Crippen LogP contribution in [-0.4, -0.2) is 22.2 Å². The molecule has 108 valence electrons. The molecule has 3 aromatic rings. The van der Waals surface area contributed by atoms with Gasteiger partial charge in [-0.3, -0.25) is 0 Å². The Morgan fingerprint density at radius 1 is 1.24 bits per heavy atom.